The normalized spacial score (nSPS) is 23.3. The van der Waals surface area contributed by atoms with Crippen LogP contribution in [0.2, 0.25) is 5.02 Å². The third-order valence-corrected chi connectivity index (χ3v) is 3.88. The molecule has 5 nitrogen and oxygen atoms in total. The van der Waals surface area contributed by atoms with Gasteiger partial charge in [0.2, 0.25) is 0 Å². The molecule has 2 unspecified atom stereocenters. The predicted octanol–water partition coefficient (Wildman–Crippen LogP) is 2.64. The van der Waals surface area contributed by atoms with Crippen molar-refractivity contribution in [2.24, 2.45) is 0 Å². The van der Waals surface area contributed by atoms with E-state index < -0.39 is 4.92 Å². The third kappa shape index (κ3) is 3.65. The lowest BCUT2D eigenvalue weighted by Gasteiger charge is -2.28. The molecule has 0 aliphatic heterocycles. The van der Waals surface area contributed by atoms with Crippen LogP contribution < -0.4 is 5.32 Å². The number of non-ortho nitro benzene ring substituents is 1. The summed E-state index contributed by atoms with van der Waals surface area (Å²) in [6.07, 6.45) is 3.64. The first-order valence-electron chi connectivity index (χ1n) is 6.42. The molecule has 0 spiro atoms. The standard InChI is InChI=1S/C13H17ClN2O3/c14-11-7-10(16(18)19)6-5-9(11)8-15-12-3-1-2-4-13(12)17/h5-7,12-13,15,17H,1-4,8H2. The Kier molecular flexibility index (Phi) is 4.74. The van der Waals surface area contributed by atoms with Crippen LogP contribution in [0.5, 0.6) is 0 Å². The zero-order valence-electron chi connectivity index (χ0n) is 10.5. The Bertz CT molecular complexity index is 467. The first-order chi connectivity index (χ1) is 9.08. The molecule has 0 heterocycles. The maximum Gasteiger partial charge on any atom is 0.270 e. The summed E-state index contributed by atoms with van der Waals surface area (Å²) in [6.45, 7) is 0.512. The summed E-state index contributed by atoms with van der Waals surface area (Å²) in [6, 6.07) is 4.54. The molecule has 1 saturated carbocycles. The first kappa shape index (κ1) is 14.2. The van der Waals surface area contributed by atoms with Crippen molar-refractivity contribution in [1.29, 1.82) is 0 Å². The molecule has 104 valence electrons. The quantitative estimate of drug-likeness (QED) is 0.658. The van der Waals surface area contributed by atoms with Gasteiger partial charge in [0.25, 0.3) is 5.69 Å². The maximum atomic E-state index is 10.6. The lowest BCUT2D eigenvalue weighted by Crippen LogP contribution is -2.41. The van der Waals surface area contributed by atoms with E-state index in [1.807, 2.05) is 0 Å². The maximum absolute atomic E-state index is 10.6. The number of rotatable bonds is 4. The Balaban J connectivity index is 1.97. The Morgan fingerprint density at radius 3 is 2.79 bits per heavy atom. The number of nitro groups is 1. The summed E-state index contributed by atoms with van der Waals surface area (Å²) in [5.74, 6) is 0. The highest BCUT2D eigenvalue weighted by Crippen LogP contribution is 2.23. The Hall–Kier alpha value is -1.17. The fraction of sp³-hybridized carbons (Fsp3) is 0.538. The van der Waals surface area contributed by atoms with Gasteiger partial charge >= 0.3 is 0 Å². The molecule has 19 heavy (non-hydrogen) atoms. The molecule has 0 amide bonds. The number of nitro benzene ring substituents is 1. The van der Waals surface area contributed by atoms with Gasteiger partial charge in [-0.2, -0.15) is 0 Å². The van der Waals surface area contributed by atoms with Gasteiger partial charge in [-0.1, -0.05) is 24.4 Å². The van der Waals surface area contributed by atoms with Crippen molar-refractivity contribution >= 4 is 17.3 Å². The molecule has 1 fully saturated rings. The summed E-state index contributed by atoms with van der Waals surface area (Å²) in [7, 11) is 0. The zero-order chi connectivity index (χ0) is 13.8. The molecule has 2 atom stereocenters. The van der Waals surface area contributed by atoms with E-state index in [9.17, 15) is 15.2 Å². The van der Waals surface area contributed by atoms with Crippen LogP contribution in [-0.2, 0) is 6.54 Å². The second-order valence-corrected chi connectivity index (χ2v) is 5.28. The molecule has 0 aromatic heterocycles. The molecule has 2 N–H and O–H groups in total. The summed E-state index contributed by atoms with van der Waals surface area (Å²) >= 11 is 6.02. The molecule has 1 aromatic carbocycles. The van der Waals surface area contributed by atoms with Crippen LogP contribution in [0.3, 0.4) is 0 Å². The van der Waals surface area contributed by atoms with Crippen molar-refractivity contribution in [3.63, 3.8) is 0 Å². The number of nitrogens with one attached hydrogen (secondary N) is 1. The zero-order valence-corrected chi connectivity index (χ0v) is 11.3. The van der Waals surface area contributed by atoms with E-state index in [0.717, 1.165) is 31.2 Å². The SMILES string of the molecule is O=[N+]([O-])c1ccc(CNC2CCCCC2O)c(Cl)c1. The van der Waals surface area contributed by atoms with Crippen LogP contribution in [0.15, 0.2) is 18.2 Å². The molecule has 1 aliphatic rings. The van der Waals surface area contributed by atoms with Crippen molar-refractivity contribution in [2.75, 3.05) is 0 Å². The summed E-state index contributed by atoms with van der Waals surface area (Å²) in [5.41, 5.74) is 0.802. The van der Waals surface area contributed by atoms with Crippen LogP contribution in [0.25, 0.3) is 0 Å². The number of hydrogen-bond donors (Lipinski definition) is 2. The van der Waals surface area contributed by atoms with Gasteiger partial charge < -0.3 is 10.4 Å². The summed E-state index contributed by atoms with van der Waals surface area (Å²) in [5, 5.41) is 24.1. The van der Waals surface area contributed by atoms with Crippen molar-refractivity contribution in [2.45, 2.75) is 44.4 Å². The number of aliphatic hydroxyl groups is 1. The topological polar surface area (TPSA) is 75.4 Å². The second kappa shape index (κ2) is 6.32. The van der Waals surface area contributed by atoms with Crippen molar-refractivity contribution in [3.05, 3.63) is 38.9 Å². The van der Waals surface area contributed by atoms with E-state index in [2.05, 4.69) is 5.32 Å². The molecule has 1 aromatic rings. The molecule has 2 rings (SSSR count). The fourth-order valence-corrected chi connectivity index (χ4v) is 2.63. The molecular weight excluding hydrogens is 268 g/mol. The Morgan fingerprint density at radius 1 is 1.42 bits per heavy atom. The predicted molar refractivity (Wildman–Crippen MR) is 73.2 cm³/mol. The molecule has 0 saturated heterocycles. The van der Waals surface area contributed by atoms with Gasteiger partial charge in [-0.15, -0.1) is 0 Å². The van der Waals surface area contributed by atoms with E-state index in [0.29, 0.717) is 11.6 Å². The third-order valence-electron chi connectivity index (χ3n) is 3.53. The molecule has 1 aliphatic carbocycles. The highest BCUT2D eigenvalue weighted by atomic mass is 35.5. The second-order valence-electron chi connectivity index (χ2n) is 4.87. The van der Waals surface area contributed by atoms with Crippen molar-refractivity contribution in [3.8, 4) is 0 Å². The highest BCUT2D eigenvalue weighted by molar-refractivity contribution is 6.31. The Morgan fingerprint density at radius 2 is 2.16 bits per heavy atom. The van der Waals surface area contributed by atoms with Crippen LogP contribution in [0, 0.1) is 10.1 Å². The highest BCUT2D eigenvalue weighted by Gasteiger charge is 2.22. The van der Waals surface area contributed by atoms with E-state index in [4.69, 9.17) is 11.6 Å². The van der Waals surface area contributed by atoms with Crippen molar-refractivity contribution < 1.29 is 10.0 Å². The van der Waals surface area contributed by atoms with Gasteiger partial charge in [-0.05, 0) is 24.5 Å². The van der Waals surface area contributed by atoms with Crippen LogP contribution in [0.1, 0.15) is 31.2 Å². The largest absolute Gasteiger partial charge is 0.392 e. The van der Waals surface area contributed by atoms with Gasteiger partial charge in [-0.3, -0.25) is 10.1 Å². The first-order valence-corrected chi connectivity index (χ1v) is 6.80. The molecule has 0 radical (unpaired) electrons. The van der Waals surface area contributed by atoms with Gasteiger partial charge in [0.15, 0.2) is 0 Å². The number of hydrogen-bond acceptors (Lipinski definition) is 4. The van der Waals surface area contributed by atoms with Gasteiger partial charge in [0.05, 0.1) is 16.0 Å². The molecular formula is C13H17ClN2O3. The Labute approximate surface area is 116 Å². The molecule has 6 heteroatoms. The fourth-order valence-electron chi connectivity index (χ4n) is 2.38. The van der Waals surface area contributed by atoms with E-state index in [1.165, 1.54) is 12.1 Å². The van der Waals surface area contributed by atoms with Crippen LogP contribution in [0.4, 0.5) is 5.69 Å². The number of nitrogens with zero attached hydrogens (tertiary/aromatic N) is 1. The minimum absolute atomic E-state index is 0.00792. The van der Waals surface area contributed by atoms with Crippen LogP contribution >= 0.6 is 11.6 Å². The minimum atomic E-state index is -0.464. The van der Waals surface area contributed by atoms with Gasteiger partial charge in [0, 0.05) is 24.7 Å². The van der Waals surface area contributed by atoms with E-state index in [-0.39, 0.29) is 17.8 Å². The van der Waals surface area contributed by atoms with Gasteiger partial charge in [-0.25, -0.2) is 0 Å². The van der Waals surface area contributed by atoms with E-state index in [1.54, 1.807) is 6.07 Å². The summed E-state index contributed by atoms with van der Waals surface area (Å²) < 4.78 is 0. The van der Waals surface area contributed by atoms with Crippen LogP contribution in [-0.4, -0.2) is 22.2 Å². The number of aliphatic hydroxyl groups excluding tert-OH is 1. The lowest BCUT2D eigenvalue weighted by atomic mass is 9.92. The average Bonchev–Trinajstić information content (AvgIpc) is 2.39. The smallest absolute Gasteiger partial charge is 0.270 e. The van der Waals surface area contributed by atoms with E-state index >= 15 is 0 Å². The lowest BCUT2D eigenvalue weighted by molar-refractivity contribution is -0.384. The minimum Gasteiger partial charge on any atom is -0.392 e. The average molecular weight is 285 g/mol. The number of benzene rings is 1. The number of halogens is 1. The van der Waals surface area contributed by atoms with Gasteiger partial charge in [0.1, 0.15) is 0 Å². The monoisotopic (exact) mass is 284 g/mol. The van der Waals surface area contributed by atoms with Crippen molar-refractivity contribution in [1.82, 2.24) is 5.32 Å². The summed E-state index contributed by atoms with van der Waals surface area (Å²) in [4.78, 5) is 10.1. The molecule has 0 bridgehead atoms.